The van der Waals surface area contributed by atoms with E-state index in [9.17, 15) is 33.9 Å². The molecule has 13 nitrogen and oxygen atoms in total. The summed E-state index contributed by atoms with van der Waals surface area (Å²) >= 11 is 0. The third-order valence-corrected chi connectivity index (χ3v) is 5.99. The van der Waals surface area contributed by atoms with Crippen LogP contribution >= 0.6 is 0 Å². The number of carbonyl (C=O) groups excluding carboxylic acids is 5. The maximum absolute atomic E-state index is 13.2. The van der Waals surface area contributed by atoms with E-state index in [0.29, 0.717) is 25.5 Å². The van der Waals surface area contributed by atoms with Gasteiger partial charge in [-0.3, -0.25) is 24.0 Å². The Bertz CT molecular complexity index is 1030. The number of hydrogen-bond donors (Lipinski definition) is 7. The number of benzene rings is 1. The lowest BCUT2D eigenvalue weighted by Crippen LogP contribution is -2.58. The normalized spacial score (nSPS) is 13.8. The van der Waals surface area contributed by atoms with Gasteiger partial charge in [0, 0.05) is 12.1 Å². The molecule has 0 aliphatic heterocycles. The van der Waals surface area contributed by atoms with Gasteiger partial charge in [-0.15, -0.1) is 0 Å². The van der Waals surface area contributed by atoms with Gasteiger partial charge in [0.2, 0.25) is 17.7 Å². The summed E-state index contributed by atoms with van der Waals surface area (Å²) < 4.78 is 0. The summed E-state index contributed by atoms with van der Waals surface area (Å²) in [5.41, 5.74) is 6.10. The highest BCUT2D eigenvalue weighted by Crippen LogP contribution is 2.12. The van der Waals surface area contributed by atoms with Crippen LogP contribution in [0.15, 0.2) is 24.3 Å². The Labute approximate surface area is 233 Å². The highest BCUT2D eigenvalue weighted by atomic mass is 16.4. The van der Waals surface area contributed by atoms with Crippen molar-refractivity contribution in [3.63, 3.8) is 0 Å². The molecule has 0 heterocycles. The number of aliphatic hydroxyl groups is 1. The predicted octanol–water partition coefficient (Wildman–Crippen LogP) is 0.114. The van der Waals surface area contributed by atoms with Crippen LogP contribution in [0.4, 0.5) is 5.69 Å². The van der Waals surface area contributed by atoms with Gasteiger partial charge in [0.1, 0.15) is 24.4 Å². The molecule has 0 radical (unpaired) electrons. The first-order chi connectivity index (χ1) is 18.9. The highest BCUT2D eigenvalue weighted by Gasteiger charge is 2.30. The average Bonchev–Trinajstić information content (AvgIpc) is 2.90. The van der Waals surface area contributed by atoms with Crippen molar-refractivity contribution in [3.8, 4) is 0 Å². The first-order valence-electron chi connectivity index (χ1n) is 13.3. The summed E-state index contributed by atoms with van der Waals surface area (Å²) in [6.45, 7) is 4.86. The smallest absolute Gasteiger partial charge is 0.303 e. The van der Waals surface area contributed by atoms with Crippen LogP contribution in [0.25, 0.3) is 0 Å². The monoisotopic (exact) mass is 563 g/mol. The van der Waals surface area contributed by atoms with Crippen molar-refractivity contribution in [2.45, 2.75) is 83.5 Å². The van der Waals surface area contributed by atoms with E-state index in [0.717, 1.165) is 0 Å². The van der Waals surface area contributed by atoms with Crippen molar-refractivity contribution in [3.05, 3.63) is 29.8 Å². The number of hydrogen-bond acceptors (Lipinski definition) is 8. The number of unbranched alkanes of at least 4 members (excludes halogenated alkanes) is 1. The number of nitrogen functional groups attached to an aromatic ring is 1. The van der Waals surface area contributed by atoms with E-state index in [1.165, 1.54) is 12.1 Å². The van der Waals surface area contributed by atoms with Crippen LogP contribution in [0.1, 0.15) is 69.7 Å². The summed E-state index contributed by atoms with van der Waals surface area (Å²) in [5, 5.41) is 28.7. The molecule has 0 spiro atoms. The van der Waals surface area contributed by atoms with Gasteiger partial charge in [-0.2, -0.15) is 0 Å². The molecule has 0 saturated carbocycles. The number of para-hydroxylation sites is 1. The van der Waals surface area contributed by atoms with Gasteiger partial charge in [-0.1, -0.05) is 45.7 Å². The molecule has 4 amide bonds. The SMILES string of the molecule is CCCC[C@H](NC(=O)[C@H](CCC(=O)O)NC(=O)c1ccccc1N)C(=O)N[C@@H](CO)C(=O)N[C@H](C=O)CC(C)C. The molecule has 222 valence electrons. The third kappa shape index (κ3) is 11.8. The molecular formula is C27H41N5O8. The quantitative estimate of drug-likeness (QED) is 0.0951. The molecule has 4 atom stereocenters. The molecule has 1 rings (SSSR count). The van der Waals surface area contributed by atoms with Crippen LogP contribution < -0.4 is 27.0 Å². The number of carboxylic acids is 1. The first kappa shape index (κ1) is 34.0. The van der Waals surface area contributed by atoms with Gasteiger partial charge in [0.25, 0.3) is 5.91 Å². The van der Waals surface area contributed by atoms with Gasteiger partial charge >= 0.3 is 5.97 Å². The predicted molar refractivity (Wildman–Crippen MR) is 147 cm³/mol. The zero-order chi connectivity index (χ0) is 30.2. The van der Waals surface area contributed by atoms with Crippen LogP contribution in [0.2, 0.25) is 0 Å². The number of nitrogens with two attached hydrogens (primary N) is 1. The standard InChI is InChI=1S/C27H41N5O8/c1-4-5-10-20(25(38)32-22(15-34)27(40)29-17(14-33)13-16(2)3)31-26(39)21(11-12-23(35)36)30-24(37)18-8-6-7-9-19(18)28/h6-9,14,16-17,20-22,34H,4-5,10-13,15,28H2,1-3H3,(H,29,40)(H,30,37)(H,31,39)(H,32,38)(H,35,36)/t17-,20-,21-,22-/m0/s1. The van der Waals surface area contributed by atoms with Crippen LogP contribution in [-0.2, 0) is 24.0 Å². The largest absolute Gasteiger partial charge is 0.481 e. The molecule has 0 bridgehead atoms. The molecule has 40 heavy (non-hydrogen) atoms. The van der Waals surface area contributed by atoms with Crippen molar-refractivity contribution in [2.75, 3.05) is 12.3 Å². The summed E-state index contributed by atoms with van der Waals surface area (Å²) in [6, 6.07) is 1.51. The van der Waals surface area contributed by atoms with E-state index in [1.54, 1.807) is 12.1 Å². The zero-order valence-electron chi connectivity index (χ0n) is 23.1. The fraction of sp³-hybridized carbons (Fsp3) is 0.556. The molecule has 13 heteroatoms. The number of aldehydes is 1. The van der Waals surface area contributed by atoms with Crippen LogP contribution in [0.5, 0.6) is 0 Å². The summed E-state index contributed by atoms with van der Waals surface area (Å²) in [4.78, 5) is 74.1. The number of aliphatic hydroxyl groups excluding tert-OH is 1. The van der Waals surface area contributed by atoms with Gasteiger partial charge < -0.3 is 42.0 Å². The van der Waals surface area contributed by atoms with E-state index in [2.05, 4.69) is 21.3 Å². The molecule has 0 saturated heterocycles. The Morgan fingerprint density at radius 1 is 0.900 bits per heavy atom. The van der Waals surface area contributed by atoms with Crippen molar-refractivity contribution in [1.82, 2.24) is 21.3 Å². The maximum atomic E-state index is 13.2. The second kappa shape index (κ2) is 17.6. The van der Waals surface area contributed by atoms with Crippen molar-refractivity contribution in [1.29, 1.82) is 0 Å². The number of nitrogens with one attached hydrogen (secondary N) is 4. The molecule has 0 aliphatic rings. The molecule has 8 N–H and O–H groups in total. The van der Waals surface area contributed by atoms with Crippen LogP contribution in [0.3, 0.4) is 0 Å². The van der Waals surface area contributed by atoms with Crippen LogP contribution in [0, 0.1) is 5.92 Å². The fourth-order valence-electron chi connectivity index (χ4n) is 3.83. The van der Waals surface area contributed by atoms with Gasteiger partial charge in [-0.05, 0) is 37.3 Å². The lowest BCUT2D eigenvalue weighted by atomic mass is 10.0. The van der Waals surface area contributed by atoms with Gasteiger partial charge in [-0.25, -0.2) is 0 Å². The Morgan fingerprint density at radius 2 is 1.48 bits per heavy atom. The van der Waals surface area contributed by atoms with Gasteiger partial charge in [0.15, 0.2) is 0 Å². The Balaban J connectivity index is 3.04. The second-order valence-corrected chi connectivity index (χ2v) is 9.87. The molecule has 1 aromatic rings. The van der Waals surface area contributed by atoms with E-state index in [4.69, 9.17) is 10.8 Å². The number of amides is 4. The number of carbonyl (C=O) groups is 6. The Morgan fingerprint density at radius 3 is 2.00 bits per heavy atom. The lowest BCUT2D eigenvalue weighted by molar-refractivity contribution is -0.137. The van der Waals surface area contributed by atoms with Crippen molar-refractivity contribution >= 4 is 41.6 Å². The Kier molecular flexibility index (Phi) is 14.9. The first-order valence-corrected chi connectivity index (χ1v) is 13.3. The maximum Gasteiger partial charge on any atom is 0.303 e. The van der Waals surface area contributed by atoms with E-state index < -0.39 is 66.8 Å². The van der Waals surface area contributed by atoms with E-state index in [1.807, 2.05) is 20.8 Å². The third-order valence-electron chi connectivity index (χ3n) is 5.99. The van der Waals surface area contributed by atoms with Crippen molar-refractivity contribution in [2.24, 2.45) is 5.92 Å². The minimum atomic E-state index is -1.38. The number of rotatable bonds is 18. The molecule has 0 fully saturated rings. The summed E-state index contributed by atoms with van der Waals surface area (Å²) in [6.07, 6.45) is 1.61. The Hall–Kier alpha value is -4.00. The topological polar surface area (TPSA) is 217 Å². The van der Waals surface area contributed by atoms with Crippen LogP contribution in [-0.4, -0.2) is 76.9 Å². The highest BCUT2D eigenvalue weighted by molar-refractivity contribution is 6.02. The number of anilines is 1. The van der Waals surface area contributed by atoms with Gasteiger partial charge in [0.05, 0.1) is 18.2 Å². The number of carboxylic acid groups (broad SMARTS) is 1. The average molecular weight is 564 g/mol. The minimum absolute atomic E-state index is 0.0961. The lowest BCUT2D eigenvalue weighted by Gasteiger charge is -2.25. The summed E-state index contributed by atoms with van der Waals surface area (Å²) in [5.74, 6) is -4.10. The molecule has 0 aliphatic carbocycles. The fourth-order valence-corrected chi connectivity index (χ4v) is 3.83. The minimum Gasteiger partial charge on any atom is -0.481 e. The molecule has 0 aromatic heterocycles. The summed E-state index contributed by atoms with van der Waals surface area (Å²) in [7, 11) is 0. The van der Waals surface area contributed by atoms with E-state index in [-0.39, 0.29) is 30.0 Å². The zero-order valence-corrected chi connectivity index (χ0v) is 23.1. The second-order valence-electron chi connectivity index (χ2n) is 9.87. The van der Waals surface area contributed by atoms with E-state index >= 15 is 0 Å². The molecule has 1 aromatic carbocycles. The number of aliphatic carboxylic acids is 1. The molecular weight excluding hydrogens is 522 g/mol. The molecule has 0 unspecified atom stereocenters. The van der Waals surface area contributed by atoms with Crippen molar-refractivity contribution < 1.29 is 39.0 Å².